The largest absolute Gasteiger partial charge is 0.486 e. The molecule has 0 radical (unpaired) electrons. The van der Waals surface area contributed by atoms with Gasteiger partial charge in [0.1, 0.15) is 13.2 Å². The first-order valence-corrected chi connectivity index (χ1v) is 8.56. The van der Waals surface area contributed by atoms with Crippen molar-refractivity contribution in [2.45, 2.75) is 31.9 Å². The van der Waals surface area contributed by atoms with Crippen LogP contribution in [0.15, 0.2) is 23.2 Å². The van der Waals surface area contributed by atoms with E-state index in [0.29, 0.717) is 18.5 Å². The van der Waals surface area contributed by atoms with Gasteiger partial charge in [0.05, 0.1) is 6.54 Å². The van der Waals surface area contributed by atoms with Crippen molar-refractivity contribution < 1.29 is 9.47 Å². The fourth-order valence-electron chi connectivity index (χ4n) is 2.76. The minimum atomic E-state index is 0.611. The molecule has 114 valence electrons. The van der Waals surface area contributed by atoms with Gasteiger partial charge in [-0.25, -0.2) is 0 Å². The quantitative estimate of drug-likeness (QED) is 0.919. The van der Waals surface area contributed by atoms with Gasteiger partial charge in [-0.15, -0.1) is 0 Å². The molecule has 0 aromatic heterocycles. The standard InChI is InChI=1S/C16H22N2O2S/c1-3-11(4-2)15-10-17-16(21-15)18-12-5-6-13-14(9-12)20-8-7-19-13/h5-6,9,11,15H,3-4,7-8,10H2,1-2H3,(H,17,18). The summed E-state index contributed by atoms with van der Waals surface area (Å²) in [6.45, 7) is 6.69. The zero-order valence-electron chi connectivity index (χ0n) is 12.6. The van der Waals surface area contributed by atoms with Crippen LogP contribution in [0.5, 0.6) is 11.5 Å². The van der Waals surface area contributed by atoms with Crippen molar-refractivity contribution in [2.75, 3.05) is 25.1 Å². The lowest BCUT2D eigenvalue weighted by atomic mass is 9.99. The molecule has 0 spiro atoms. The highest BCUT2D eigenvalue weighted by Crippen LogP contribution is 2.35. The van der Waals surface area contributed by atoms with Gasteiger partial charge in [0.25, 0.3) is 0 Å². The Bertz CT molecular complexity index is 529. The predicted molar refractivity (Wildman–Crippen MR) is 88.8 cm³/mol. The second-order valence-corrected chi connectivity index (χ2v) is 6.59. The Morgan fingerprint density at radius 1 is 1.24 bits per heavy atom. The second-order valence-electron chi connectivity index (χ2n) is 5.36. The molecule has 0 amide bonds. The van der Waals surface area contributed by atoms with Gasteiger partial charge in [-0.1, -0.05) is 38.5 Å². The van der Waals surface area contributed by atoms with E-state index in [4.69, 9.17) is 9.47 Å². The molecule has 0 aliphatic carbocycles. The average Bonchev–Trinajstić information content (AvgIpc) is 2.97. The molecule has 2 heterocycles. The summed E-state index contributed by atoms with van der Waals surface area (Å²) in [5.41, 5.74) is 1.01. The van der Waals surface area contributed by atoms with Crippen LogP contribution in [0, 0.1) is 5.92 Å². The van der Waals surface area contributed by atoms with Crippen LogP contribution in [0.2, 0.25) is 0 Å². The molecule has 1 atom stereocenters. The minimum absolute atomic E-state index is 0.611. The second kappa shape index (κ2) is 6.60. The first-order chi connectivity index (χ1) is 10.3. The number of aliphatic imine (C=N–C) groups is 1. The Hall–Kier alpha value is -1.36. The highest BCUT2D eigenvalue weighted by atomic mass is 32.2. The Kier molecular flexibility index (Phi) is 4.58. The minimum Gasteiger partial charge on any atom is -0.486 e. The third-order valence-corrected chi connectivity index (χ3v) is 5.34. The smallest absolute Gasteiger partial charge is 0.163 e. The maximum Gasteiger partial charge on any atom is 0.163 e. The SMILES string of the molecule is CCC(CC)C1CN=C(Nc2ccc3c(c2)OCCO3)S1. The normalized spacial score (nSPS) is 20.5. The number of hydrogen-bond acceptors (Lipinski definition) is 5. The topological polar surface area (TPSA) is 42.9 Å². The van der Waals surface area contributed by atoms with E-state index in [-0.39, 0.29) is 0 Å². The summed E-state index contributed by atoms with van der Waals surface area (Å²) in [4.78, 5) is 4.64. The summed E-state index contributed by atoms with van der Waals surface area (Å²) in [6, 6.07) is 5.96. The van der Waals surface area contributed by atoms with Gasteiger partial charge >= 0.3 is 0 Å². The van der Waals surface area contributed by atoms with Gasteiger partial charge in [0, 0.05) is 17.0 Å². The van der Waals surface area contributed by atoms with E-state index in [2.05, 4.69) is 24.2 Å². The van der Waals surface area contributed by atoms with Crippen LogP contribution in [-0.2, 0) is 0 Å². The van der Waals surface area contributed by atoms with Crippen LogP contribution in [0.3, 0.4) is 0 Å². The van der Waals surface area contributed by atoms with E-state index >= 15 is 0 Å². The zero-order chi connectivity index (χ0) is 14.7. The number of nitrogens with one attached hydrogen (secondary N) is 1. The summed E-state index contributed by atoms with van der Waals surface area (Å²) in [5, 5.41) is 5.03. The third-order valence-electron chi connectivity index (χ3n) is 4.05. The molecule has 2 aliphatic rings. The molecule has 1 unspecified atom stereocenters. The lowest BCUT2D eigenvalue weighted by Gasteiger charge is -2.20. The molecule has 21 heavy (non-hydrogen) atoms. The molecule has 1 N–H and O–H groups in total. The Morgan fingerprint density at radius 3 is 2.76 bits per heavy atom. The molecule has 0 saturated carbocycles. The van der Waals surface area contributed by atoms with E-state index in [1.165, 1.54) is 12.8 Å². The number of thioether (sulfide) groups is 1. The van der Waals surface area contributed by atoms with Crippen LogP contribution >= 0.6 is 11.8 Å². The predicted octanol–water partition coefficient (Wildman–Crippen LogP) is 3.78. The molecule has 2 aliphatic heterocycles. The van der Waals surface area contributed by atoms with Crippen LogP contribution in [0.1, 0.15) is 26.7 Å². The number of fused-ring (bicyclic) bond motifs is 1. The number of amidine groups is 1. The van der Waals surface area contributed by atoms with Crippen molar-refractivity contribution in [2.24, 2.45) is 10.9 Å². The molecular formula is C16H22N2O2S. The number of rotatable bonds is 4. The lowest BCUT2D eigenvalue weighted by molar-refractivity contribution is 0.171. The average molecular weight is 306 g/mol. The van der Waals surface area contributed by atoms with Gasteiger partial charge < -0.3 is 14.8 Å². The fourth-order valence-corrected chi connectivity index (χ4v) is 4.10. The first kappa shape index (κ1) is 14.6. The van der Waals surface area contributed by atoms with E-state index in [9.17, 15) is 0 Å². The molecule has 0 saturated heterocycles. The van der Waals surface area contributed by atoms with Crippen LogP contribution in [-0.4, -0.2) is 30.2 Å². The van der Waals surface area contributed by atoms with Gasteiger partial charge in [-0.2, -0.15) is 0 Å². The Morgan fingerprint density at radius 2 is 2.00 bits per heavy atom. The third kappa shape index (κ3) is 3.28. The summed E-state index contributed by atoms with van der Waals surface area (Å²) in [7, 11) is 0. The molecular weight excluding hydrogens is 284 g/mol. The highest BCUT2D eigenvalue weighted by Gasteiger charge is 2.26. The van der Waals surface area contributed by atoms with E-state index in [1.54, 1.807) is 0 Å². The van der Waals surface area contributed by atoms with Crippen LogP contribution < -0.4 is 14.8 Å². The molecule has 4 nitrogen and oxygen atoms in total. The number of benzene rings is 1. The summed E-state index contributed by atoms with van der Waals surface area (Å²) < 4.78 is 11.1. The number of anilines is 1. The van der Waals surface area contributed by atoms with E-state index in [1.807, 2.05) is 30.0 Å². The maximum atomic E-state index is 5.61. The molecule has 5 heteroatoms. The molecule has 1 aromatic rings. The number of nitrogens with zero attached hydrogens (tertiary/aromatic N) is 1. The van der Waals surface area contributed by atoms with Gasteiger partial charge in [0.15, 0.2) is 16.7 Å². The van der Waals surface area contributed by atoms with Crippen molar-refractivity contribution in [3.05, 3.63) is 18.2 Å². The van der Waals surface area contributed by atoms with Gasteiger partial charge in [0.2, 0.25) is 0 Å². The number of ether oxygens (including phenoxy) is 2. The summed E-state index contributed by atoms with van der Waals surface area (Å²) >= 11 is 1.87. The monoisotopic (exact) mass is 306 g/mol. The van der Waals surface area contributed by atoms with Crippen LogP contribution in [0.25, 0.3) is 0 Å². The van der Waals surface area contributed by atoms with Gasteiger partial charge in [-0.05, 0) is 18.1 Å². The fraction of sp³-hybridized carbons (Fsp3) is 0.562. The summed E-state index contributed by atoms with van der Waals surface area (Å²) in [5.74, 6) is 2.38. The van der Waals surface area contributed by atoms with Gasteiger partial charge in [-0.3, -0.25) is 4.99 Å². The molecule has 3 rings (SSSR count). The summed E-state index contributed by atoms with van der Waals surface area (Å²) in [6.07, 6.45) is 2.45. The maximum absolute atomic E-state index is 5.61. The number of hydrogen-bond donors (Lipinski definition) is 1. The lowest BCUT2D eigenvalue weighted by Crippen LogP contribution is -2.18. The molecule has 0 bridgehead atoms. The Balaban J connectivity index is 1.63. The van der Waals surface area contributed by atoms with E-state index < -0.39 is 0 Å². The highest BCUT2D eigenvalue weighted by molar-refractivity contribution is 8.15. The van der Waals surface area contributed by atoms with Crippen molar-refractivity contribution in [1.82, 2.24) is 0 Å². The van der Waals surface area contributed by atoms with E-state index in [0.717, 1.165) is 34.8 Å². The first-order valence-electron chi connectivity index (χ1n) is 7.68. The van der Waals surface area contributed by atoms with Crippen molar-refractivity contribution >= 4 is 22.6 Å². The molecule has 1 aromatic carbocycles. The zero-order valence-corrected chi connectivity index (χ0v) is 13.4. The molecule has 0 fully saturated rings. The van der Waals surface area contributed by atoms with Crippen LogP contribution in [0.4, 0.5) is 5.69 Å². The van der Waals surface area contributed by atoms with Crippen molar-refractivity contribution in [3.8, 4) is 11.5 Å². The van der Waals surface area contributed by atoms with Crippen molar-refractivity contribution in [3.63, 3.8) is 0 Å². The Labute approximate surface area is 130 Å². The van der Waals surface area contributed by atoms with Crippen molar-refractivity contribution in [1.29, 1.82) is 0 Å².